The average Bonchev–Trinajstić information content (AvgIpc) is 3.21. The van der Waals surface area contributed by atoms with Crippen molar-refractivity contribution in [1.82, 2.24) is 9.38 Å². The summed E-state index contributed by atoms with van der Waals surface area (Å²) in [4.78, 5) is 5.19. The van der Waals surface area contributed by atoms with Crippen molar-refractivity contribution in [2.24, 2.45) is 0 Å². The van der Waals surface area contributed by atoms with Crippen LogP contribution in [-0.4, -0.2) is 9.38 Å². The Kier molecular flexibility index (Phi) is 3.87. The lowest BCUT2D eigenvalue weighted by molar-refractivity contribution is 1.27. The minimum atomic E-state index is 0.732. The van der Waals surface area contributed by atoms with Crippen LogP contribution in [0.25, 0.3) is 49.8 Å². The molecule has 6 rings (SSSR count). The van der Waals surface area contributed by atoms with Crippen LogP contribution in [0, 0.1) is 0 Å². The summed E-state index contributed by atoms with van der Waals surface area (Å²) < 4.78 is 2.29. The summed E-state index contributed by atoms with van der Waals surface area (Å²) in [5.41, 5.74) is 6.39. The van der Waals surface area contributed by atoms with Crippen LogP contribution in [0.1, 0.15) is 0 Å². The molecule has 30 heavy (non-hydrogen) atoms. The summed E-state index contributed by atoms with van der Waals surface area (Å²) in [7, 11) is 0. The van der Waals surface area contributed by atoms with Gasteiger partial charge in [-0.05, 0) is 29.7 Å². The van der Waals surface area contributed by atoms with Crippen LogP contribution in [0.15, 0.2) is 103 Å². The van der Waals surface area contributed by atoms with Gasteiger partial charge in [-0.25, -0.2) is 4.98 Å². The molecule has 0 unspecified atom stereocenters. The van der Waals surface area contributed by atoms with Gasteiger partial charge < -0.3 is 0 Å². The van der Waals surface area contributed by atoms with E-state index in [9.17, 15) is 0 Å². The van der Waals surface area contributed by atoms with Crippen molar-refractivity contribution in [3.63, 3.8) is 0 Å². The van der Waals surface area contributed by atoms with E-state index in [4.69, 9.17) is 16.6 Å². The number of rotatable bonds is 2. The lowest BCUT2D eigenvalue weighted by Crippen LogP contribution is -1.94. The maximum atomic E-state index is 6.37. The molecule has 6 aromatic rings. The van der Waals surface area contributed by atoms with Crippen LogP contribution in [0.5, 0.6) is 0 Å². The number of pyridine rings is 1. The molecule has 0 aliphatic rings. The maximum absolute atomic E-state index is 6.37. The summed E-state index contributed by atoms with van der Waals surface area (Å²) >= 11 is 6.37. The Balaban J connectivity index is 1.89. The molecule has 0 N–H and O–H groups in total. The first-order valence-corrected chi connectivity index (χ1v) is 10.3. The summed E-state index contributed by atoms with van der Waals surface area (Å²) in [6.07, 6.45) is 0. The predicted octanol–water partition coefficient (Wildman–Crippen LogP) is 7.63. The van der Waals surface area contributed by atoms with Gasteiger partial charge in [-0.15, -0.1) is 0 Å². The number of para-hydroxylation sites is 1. The van der Waals surface area contributed by atoms with Crippen LogP contribution in [0.2, 0.25) is 5.02 Å². The quantitative estimate of drug-likeness (QED) is 0.271. The predicted molar refractivity (Wildman–Crippen MR) is 126 cm³/mol. The van der Waals surface area contributed by atoms with E-state index >= 15 is 0 Å². The van der Waals surface area contributed by atoms with Crippen LogP contribution in [-0.2, 0) is 0 Å². The first-order chi connectivity index (χ1) is 14.8. The number of hydrogen-bond donors (Lipinski definition) is 0. The standard InChI is InChI=1S/C27H17ClN2/c28-20-15-16-22-23(17-20)21-13-7-8-14-24(21)30-26(19-11-5-2-6-12-19)25(29-27(22)30)18-9-3-1-4-10-18/h1-17H. The molecule has 0 spiro atoms. The maximum Gasteiger partial charge on any atom is 0.146 e. The molecule has 0 bridgehead atoms. The molecule has 0 saturated heterocycles. The lowest BCUT2D eigenvalue weighted by Gasteiger charge is -2.11. The fraction of sp³-hybridized carbons (Fsp3) is 0. The Bertz CT molecular complexity index is 1530. The van der Waals surface area contributed by atoms with E-state index in [-0.39, 0.29) is 0 Å². The molecule has 2 aromatic heterocycles. The highest BCUT2D eigenvalue weighted by molar-refractivity contribution is 6.32. The van der Waals surface area contributed by atoms with Gasteiger partial charge in [-0.1, -0.05) is 90.5 Å². The van der Waals surface area contributed by atoms with Gasteiger partial charge in [0.05, 0.1) is 16.9 Å². The molecule has 0 aliphatic carbocycles. The molecule has 3 heteroatoms. The van der Waals surface area contributed by atoms with Gasteiger partial charge in [-0.2, -0.15) is 0 Å². The van der Waals surface area contributed by atoms with E-state index < -0.39 is 0 Å². The molecule has 0 saturated carbocycles. The molecule has 4 aromatic carbocycles. The molecule has 0 atom stereocenters. The fourth-order valence-electron chi connectivity index (χ4n) is 4.33. The van der Waals surface area contributed by atoms with E-state index in [1.807, 2.05) is 24.3 Å². The van der Waals surface area contributed by atoms with Crippen molar-refractivity contribution in [3.8, 4) is 22.5 Å². The van der Waals surface area contributed by atoms with Gasteiger partial charge in [0, 0.05) is 26.9 Å². The smallest absolute Gasteiger partial charge is 0.146 e. The highest BCUT2D eigenvalue weighted by Gasteiger charge is 2.20. The van der Waals surface area contributed by atoms with Crippen LogP contribution in [0.3, 0.4) is 0 Å². The number of benzene rings is 4. The fourth-order valence-corrected chi connectivity index (χ4v) is 4.50. The Morgan fingerprint density at radius 1 is 0.600 bits per heavy atom. The largest absolute Gasteiger partial charge is 0.291 e. The first-order valence-electron chi connectivity index (χ1n) is 9.94. The third kappa shape index (κ3) is 2.54. The molecule has 2 heterocycles. The summed E-state index contributed by atoms with van der Waals surface area (Å²) in [5.74, 6) is 0. The Hall–Kier alpha value is -3.62. The minimum Gasteiger partial charge on any atom is -0.291 e. The van der Waals surface area contributed by atoms with Crippen molar-refractivity contribution in [2.45, 2.75) is 0 Å². The molecule has 0 amide bonds. The highest BCUT2D eigenvalue weighted by Crippen LogP contribution is 2.39. The number of fused-ring (bicyclic) bond motifs is 6. The zero-order chi connectivity index (χ0) is 20.1. The first kappa shape index (κ1) is 17.3. The van der Waals surface area contributed by atoms with Gasteiger partial charge in [0.2, 0.25) is 0 Å². The summed E-state index contributed by atoms with van der Waals surface area (Å²) in [6, 6.07) is 35.4. The van der Waals surface area contributed by atoms with Gasteiger partial charge in [0.25, 0.3) is 0 Å². The Morgan fingerprint density at radius 3 is 2.03 bits per heavy atom. The second kappa shape index (κ2) is 6.72. The molecule has 0 fully saturated rings. The molecule has 2 nitrogen and oxygen atoms in total. The van der Waals surface area contributed by atoms with Gasteiger partial charge in [-0.3, -0.25) is 4.40 Å². The number of imidazole rings is 1. The summed E-state index contributed by atoms with van der Waals surface area (Å²) in [5, 5.41) is 4.11. The van der Waals surface area contributed by atoms with Crippen molar-refractivity contribution in [1.29, 1.82) is 0 Å². The Morgan fingerprint density at radius 2 is 1.27 bits per heavy atom. The molecule has 142 valence electrons. The van der Waals surface area contributed by atoms with Crippen molar-refractivity contribution >= 4 is 38.9 Å². The molecule has 0 radical (unpaired) electrons. The minimum absolute atomic E-state index is 0.732. The van der Waals surface area contributed by atoms with Crippen LogP contribution >= 0.6 is 11.6 Å². The summed E-state index contributed by atoms with van der Waals surface area (Å²) in [6.45, 7) is 0. The zero-order valence-electron chi connectivity index (χ0n) is 16.1. The van der Waals surface area contributed by atoms with E-state index in [0.29, 0.717) is 0 Å². The van der Waals surface area contributed by atoms with Crippen molar-refractivity contribution in [3.05, 3.63) is 108 Å². The third-order valence-corrected chi connectivity index (χ3v) is 5.86. The lowest BCUT2D eigenvalue weighted by atomic mass is 10.0. The molecular formula is C27H17ClN2. The number of hydrogen-bond acceptors (Lipinski definition) is 1. The second-order valence-electron chi connectivity index (χ2n) is 7.41. The van der Waals surface area contributed by atoms with Crippen LogP contribution in [0.4, 0.5) is 0 Å². The SMILES string of the molecule is Clc1ccc2c(c1)c1ccccc1n1c(-c3ccccc3)c(-c3ccccc3)nc21. The van der Waals surface area contributed by atoms with E-state index in [0.717, 1.165) is 54.9 Å². The van der Waals surface area contributed by atoms with Crippen LogP contribution < -0.4 is 0 Å². The molecular weight excluding hydrogens is 388 g/mol. The zero-order valence-corrected chi connectivity index (χ0v) is 16.8. The van der Waals surface area contributed by atoms with Gasteiger partial charge >= 0.3 is 0 Å². The Labute approximate surface area is 179 Å². The van der Waals surface area contributed by atoms with Gasteiger partial charge in [0.15, 0.2) is 0 Å². The normalized spacial score (nSPS) is 11.5. The van der Waals surface area contributed by atoms with Gasteiger partial charge in [0.1, 0.15) is 5.65 Å². The van der Waals surface area contributed by atoms with Crippen molar-refractivity contribution < 1.29 is 0 Å². The monoisotopic (exact) mass is 404 g/mol. The molecule has 0 aliphatic heterocycles. The second-order valence-corrected chi connectivity index (χ2v) is 7.84. The average molecular weight is 405 g/mol. The third-order valence-electron chi connectivity index (χ3n) is 5.63. The number of nitrogens with zero attached hydrogens (tertiary/aromatic N) is 2. The van der Waals surface area contributed by atoms with E-state index in [2.05, 4.69) is 83.3 Å². The van der Waals surface area contributed by atoms with Crippen molar-refractivity contribution in [2.75, 3.05) is 0 Å². The number of aromatic nitrogens is 2. The topological polar surface area (TPSA) is 17.3 Å². The highest BCUT2D eigenvalue weighted by atomic mass is 35.5. The van der Waals surface area contributed by atoms with E-state index in [1.165, 1.54) is 0 Å². The van der Waals surface area contributed by atoms with E-state index in [1.54, 1.807) is 0 Å². The number of halogens is 1.